The van der Waals surface area contributed by atoms with Crippen LogP contribution >= 0.6 is 23.2 Å². The first-order chi connectivity index (χ1) is 10.1. The molecule has 0 bridgehead atoms. The van der Waals surface area contributed by atoms with Gasteiger partial charge in [0.05, 0.1) is 23.9 Å². The van der Waals surface area contributed by atoms with Gasteiger partial charge < -0.3 is 20.7 Å². The Bertz CT molecular complexity index is 533. The third kappa shape index (κ3) is 4.86. The Labute approximate surface area is 132 Å². The molecule has 1 aliphatic heterocycles. The monoisotopic (exact) mass is 331 g/mol. The van der Waals surface area contributed by atoms with E-state index in [0.717, 1.165) is 6.54 Å². The molecule has 6 nitrogen and oxygen atoms in total. The van der Waals surface area contributed by atoms with Gasteiger partial charge in [0.1, 0.15) is 6.10 Å². The molecule has 3 N–H and O–H groups in total. The zero-order chi connectivity index (χ0) is 15.2. The van der Waals surface area contributed by atoms with Crippen molar-refractivity contribution in [1.29, 1.82) is 0 Å². The molecule has 114 valence electrons. The smallest absolute Gasteiger partial charge is 0.250 e. The summed E-state index contributed by atoms with van der Waals surface area (Å²) in [5.41, 5.74) is 0.402. The summed E-state index contributed by atoms with van der Waals surface area (Å²) in [4.78, 5) is 23.6. The fraction of sp³-hybridized carbons (Fsp3) is 0.385. The first-order valence-electron chi connectivity index (χ1n) is 6.41. The van der Waals surface area contributed by atoms with Crippen molar-refractivity contribution in [3.05, 3.63) is 28.2 Å². The van der Waals surface area contributed by atoms with Crippen LogP contribution in [0.2, 0.25) is 10.0 Å². The third-order valence-corrected chi connectivity index (χ3v) is 3.41. The van der Waals surface area contributed by atoms with E-state index in [1.807, 2.05) is 0 Å². The van der Waals surface area contributed by atoms with Crippen LogP contribution in [0.25, 0.3) is 0 Å². The van der Waals surface area contributed by atoms with Gasteiger partial charge in [-0.05, 0) is 18.2 Å². The van der Waals surface area contributed by atoms with Crippen LogP contribution in [0.1, 0.15) is 0 Å². The minimum atomic E-state index is -0.568. The molecular weight excluding hydrogens is 317 g/mol. The third-order valence-electron chi connectivity index (χ3n) is 2.85. The molecule has 1 aliphatic rings. The molecule has 1 heterocycles. The van der Waals surface area contributed by atoms with E-state index in [-0.39, 0.29) is 12.5 Å². The standard InChI is InChI=1S/C13H15Cl2N3O3/c14-8-1-2-9(15)10(5-8)18-12(19)7-17-13(20)11-6-16-3-4-21-11/h1-2,5,11,16H,3-4,6-7H2,(H,17,20)(H,18,19)/t11-/m1/s1. The van der Waals surface area contributed by atoms with Crippen molar-refractivity contribution in [2.45, 2.75) is 6.10 Å². The molecule has 0 radical (unpaired) electrons. The van der Waals surface area contributed by atoms with E-state index < -0.39 is 12.0 Å². The van der Waals surface area contributed by atoms with E-state index in [9.17, 15) is 9.59 Å². The lowest BCUT2D eigenvalue weighted by molar-refractivity contribution is -0.135. The van der Waals surface area contributed by atoms with Crippen molar-refractivity contribution in [2.24, 2.45) is 0 Å². The predicted octanol–water partition coefficient (Wildman–Crippen LogP) is 1.04. The number of nitrogens with one attached hydrogen (secondary N) is 3. The molecule has 21 heavy (non-hydrogen) atoms. The summed E-state index contributed by atoms with van der Waals surface area (Å²) in [5, 5.41) is 8.97. The summed E-state index contributed by atoms with van der Waals surface area (Å²) in [6, 6.07) is 4.74. The normalized spacial score (nSPS) is 18.1. The van der Waals surface area contributed by atoms with Gasteiger partial charge in [0.2, 0.25) is 5.91 Å². The van der Waals surface area contributed by atoms with E-state index in [4.69, 9.17) is 27.9 Å². The zero-order valence-electron chi connectivity index (χ0n) is 11.1. The fourth-order valence-electron chi connectivity index (χ4n) is 1.80. The number of hydrogen-bond donors (Lipinski definition) is 3. The first kappa shape index (κ1) is 16.0. The number of morpholine rings is 1. The Morgan fingerprint density at radius 3 is 2.90 bits per heavy atom. The maximum Gasteiger partial charge on any atom is 0.250 e. The van der Waals surface area contributed by atoms with Crippen LogP contribution in [0.15, 0.2) is 18.2 Å². The van der Waals surface area contributed by atoms with Crippen LogP contribution < -0.4 is 16.0 Å². The van der Waals surface area contributed by atoms with E-state index in [0.29, 0.717) is 28.9 Å². The molecule has 1 fully saturated rings. The highest BCUT2D eigenvalue weighted by Gasteiger charge is 2.21. The number of hydrogen-bond acceptors (Lipinski definition) is 4. The SMILES string of the molecule is O=C(CNC(=O)[C@H]1CNCCO1)Nc1cc(Cl)ccc1Cl. The minimum Gasteiger partial charge on any atom is -0.366 e. The van der Waals surface area contributed by atoms with Crippen LogP contribution in [-0.4, -0.2) is 44.2 Å². The molecule has 1 aromatic rings. The average Bonchev–Trinajstić information content (AvgIpc) is 2.49. The first-order valence-corrected chi connectivity index (χ1v) is 7.17. The Morgan fingerprint density at radius 1 is 1.38 bits per heavy atom. The number of ether oxygens (including phenoxy) is 1. The van der Waals surface area contributed by atoms with Gasteiger partial charge in [-0.1, -0.05) is 23.2 Å². The molecule has 1 aromatic carbocycles. The summed E-state index contributed by atoms with van der Waals surface area (Å²) < 4.78 is 5.28. The molecule has 2 rings (SSSR count). The maximum atomic E-state index is 11.8. The van der Waals surface area contributed by atoms with Gasteiger partial charge >= 0.3 is 0 Å². The van der Waals surface area contributed by atoms with E-state index in [1.54, 1.807) is 12.1 Å². The zero-order valence-corrected chi connectivity index (χ0v) is 12.6. The second kappa shape index (κ2) is 7.61. The molecule has 0 saturated carbocycles. The lowest BCUT2D eigenvalue weighted by Gasteiger charge is -2.22. The number of benzene rings is 1. The van der Waals surface area contributed by atoms with Gasteiger partial charge in [-0.2, -0.15) is 0 Å². The Balaban J connectivity index is 1.81. The molecule has 0 aliphatic carbocycles. The van der Waals surface area contributed by atoms with Crippen molar-refractivity contribution in [3.8, 4) is 0 Å². The summed E-state index contributed by atoms with van der Waals surface area (Å²) in [6.45, 7) is 1.47. The summed E-state index contributed by atoms with van der Waals surface area (Å²) in [7, 11) is 0. The average molecular weight is 332 g/mol. The molecular formula is C13H15Cl2N3O3. The van der Waals surface area contributed by atoms with Crippen molar-refractivity contribution in [2.75, 3.05) is 31.6 Å². The lowest BCUT2D eigenvalue weighted by atomic mass is 10.3. The number of carbonyl (C=O) groups excluding carboxylic acids is 2. The maximum absolute atomic E-state index is 11.8. The minimum absolute atomic E-state index is 0.165. The molecule has 8 heteroatoms. The Kier molecular flexibility index (Phi) is 5.81. The van der Waals surface area contributed by atoms with Crippen LogP contribution in [0, 0.1) is 0 Å². The van der Waals surface area contributed by atoms with Crippen LogP contribution in [0.3, 0.4) is 0 Å². The largest absolute Gasteiger partial charge is 0.366 e. The van der Waals surface area contributed by atoms with Gasteiger partial charge in [0, 0.05) is 18.1 Å². The van der Waals surface area contributed by atoms with E-state index in [2.05, 4.69) is 16.0 Å². The highest BCUT2D eigenvalue weighted by molar-refractivity contribution is 6.35. The molecule has 2 amide bonds. The second-order valence-corrected chi connectivity index (χ2v) is 5.30. The van der Waals surface area contributed by atoms with Crippen molar-refractivity contribution < 1.29 is 14.3 Å². The molecule has 0 spiro atoms. The topological polar surface area (TPSA) is 79.5 Å². The highest BCUT2D eigenvalue weighted by atomic mass is 35.5. The van der Waals surface area contributed by atoms with Crippen molar-refractivity contribution in [3.63, 3.8) is 0 Å². The molecule has 0 aromatic heterocycles. The highest BCUT2D eigenvalue weighted by Crippen LogP contribution is 2.25. The Hall–Kier alpha value is -1.34. The van der Waals surface area contributed by atoms with E-state index >= 15 is 0 Å². The van der Waals surface area contributed by atoms with Crippen LogP contribution in [0.4, 0.5) is 5.69 Å². The van der Waals surface area contributed by atoms with Crippen LogP contribution in [-0.2, 0) is 14.3 Å². The second-order valence-electron chi connectivity index (χ2n) is 4.45. The molecule has 1 saturated heterocycles. The van der Waals surface area contributed by atoms with Gasteiger partial charge in [-0.15, -0.1) is 0 Å². The number of rotatable bonds is 4. The Morgan fingerprint density at radius 2 is 2.19 bits per heavy atom. The lowest BCUT2D eigenvalue weighted by Crippen LogP contribution is -2.49. The quantitative estimate of drug-likeness (QED) is 0.770. The number of carbonyl (C=O) groups is 2. The van der Waals surface area contributed by atoms with Gasteiger partial charge in [-0.3, -0.25) is 9.59 Å². The van der Waals surface area contributed by atoms with Crippen molar-refractivity contribution in [1.82, 2.24) is 10.6 Å². The van der Waals surface area contributed by atoms with Gasteiger partial charge in [0.25, 0.3) is 5.91 Å². The van der Waals surface area contributed by atoms with Gasteiger partial charge in [0.15, 0.2) is 0 Å². The predicted molar refractivity (Wildman–Crippen MR) is 80.7 cm³/mol. The van der Waals surface area contributed by atoms with Crippen molar-refractivity contribution >= 4 is 40.7 Å². The number of anilines is 1. The summed E-state index contributed by atoms with van der Waals surface area (Å²) >= 11 is 11.8. The molecule has 1 atom stereocenters. The van der Waals surface area contributed by atoms with E-state index in [1.165, 1.54) is 6.07 Å². The molecule has 0 unspecified atom stereocenters. The fourth-order valence-corrected chi connectivity index (χ4v) is 2.14. The summed E-state index contributed by atoms with van der Waals surface area (Å²) in [6.07, 6.45) is -0.568. The summed E-state index contributed by atoms with van der Waals surface area (Å²) in [5.74, 6) is -0.717. The number of halogens is 2. The van der Waals surface area contributed by atoms with Gasteiger partial charge in [-0.25, -0.2) is 0 Å². The number of amides is 2. The van der Waals surface area contributed by atoms with Crippen LogP contribution in [0.5, 0.6) is 0 Å².